The molecule has 0 unspecified atom stereocenters. The molecule has 0 aliphatic rings. The first-order chi connectivity index (χ1) is 7.92. The van der Waals surface area contributed by atoms with E-state index in [1.165, 1.54) is 18.2 Å². The quantitative estimate of drug-likeness (QED) is 0.771. The number of hydrogen-bond donors (Lipinski definition) is 0. The molecule has 0 bridgehead atoms. The van der Waals surface area contributed by atoms with Crippen LogP contribution in [0.5, 0.6) is 5.75 Å². The monoisotopic (exact) mass is 263 g/mol. The number of nitriles is 1. The van der Waals surface area contributed by atoms with Gasteiger partial charge in [0.2, 0.25) is 0 Å². The predicted molar refractivity (Wildman–Crippen MR) is 57.0 cm³/mol. The van der Waals surface area contributed by atoms with E-state index in [0.717, 1.165) is 0 Å². The van der Waals surface area contributed by atoms with Crippen molar-refractivity contribution in [2.75, 3.05) is 6.61 Å². The molecule has 0 aliphatic carbocycles. The number of alkyl halides is 3. The summed E-state index contributed by atoms with van der Waals surface area (Å²) in [5.74, 6) is 0.249. The summed E-state index contributed by atoms with van der Waals surface area (Å²) >= 11 is 5.66. The van der Waals surface area contributed by atoms with Gasteiger partial charge in [-0.05, 0) is 24.6 Å². The van der Waals surface area contributed by atoms with Gasteiger partial charge in [-0.15, -0.1) is 0 Å². The minimum absolute atomic E-state index is 0.0875. The predicted octanol–water partition coefficient (Wildman–Crippen LogP) is 3.93. The van der Waals surface area contributed by atoms with Crippen LogP contribution in [0.2, 0.25) is 5.02 Å². The fraction of sp³-hybridized carbons (Fsp3) is 0.364. The molecule has 0 amide bonds. The summed E-state index contributed by atoms with van der Waals surface area (Å²) in [7, 11) is 0. The Morgan fingerprint density at radius 2 is 2.06 bits per heavy atom. The molecule has 1 rings (SSSR count). The van der Waals surface area contributed by atoms with Crippen LogP contribution in [0.4, 0.5) is 13.2 Å². The molecule has 0 aliphatic heterocycles. The SMILES string of the molecule is N#Cc1cc(Cl)ccc1OCCCC(F)(F)F. The third kappa shape index (κ3) is 4.96. The molecule has 0 saturated heterocycles. The average Bonchev–Trinajstić information content (AvgIpc) is 2.24. The van der Waals surface area contributed by atoms with Gasteiger partial charge >= 0.3 is 6.18 Å². The van der Waals surface area contributed by atoms with Crippen molar-refractivity contribution < 1.29 is 17.9 Å². The molecule has 6 heteroatoms. The Labute approximate surface area is 102 Å². The lowest BCUT2D eigenvalue weighted by Crippen LogP contribution is -2.10. The van der Waals surface area contributed by atoms with Crippen LogP contribution in [0.15, 0.2) is 18.2 Å². The van der Waals surface area contributed by atoms with Gasteiger partial charge in [-0.3, -0.25) is 0 Å². The Kier molecular flexibility index (Phi) is 4.64. The van der Waals surface area contributed by atoms with E-state index in [-0.39, 0.29) is 24.3 Å². The third-order valence-corrected chi connectivity index (χ3v) is 2.16. The zero-order valence-electron chi connectivity index (χ0n) is 8.72. The van der Waals surface area contributed by atoms with E-state index in [0.29, 0.717) is 5.02 Å². The summed E-state index contributed by atoms with van der Waals surface area (Å²) in [6, 6.07) is 6.25. The highest BCUT2D eigenvalue weighted by Crippen LogP contribution is 2.24. The maximum atomic E-state index is 11.9. The van der Waals surface area contributed by atoms with Crippen molar-refractivity contribution >= 4 is 11.6 Å². The second-order valence-electron chi connectivity index (χ2n) is 3.32. The normalized spacial score (nSPS) is 11.0. The second-order valence-corrected chi connectivity index (χ2v) is 3.76. The molecule has 1 aromatic rings. The van der Waals surface area contributed by atoms with Gasteiger partial charge in [0.15, 0.2) is 0 Å². The largest absolute Gasteiger partial charge is 0.492 e. The lowest BCUT2D eigenvalue weighted by atomic mass is 10.2. The van der Waals surface area contributed by atoms with Crippen LogP contribution in [0.1, 0.15) is 18.4 Å². The van der Waals surface area contributed by atoms with Crippen LogP contribution in [0.3, 0.4) is 0 Å². The number of ether oxygens (including phenoxy) is 1. The first kappa shape index (κ1) is 13.7. The topological polar surface area (TPSA) is 33.0 Å². The minimum atomic E-state index is -4.18. The van der Waals surface area contributed by atoms with Crippen molar-refractivity contribution in [2.45, 2.75) is 19.0 Å². The Morgan fingerprint density at radius 1 is 1.35 bits per heavy atom. The van der Waals surface area contributed by atoms with Gasteiger partial charge in [0.1, 0.15) is 11.8 Å². The van der Waals surface area contributed by atoms with Crippen molar-refractivity contribution in [3.8, 4) is 11.8 Å². The molecule has 92 valence electrons. The molecule has 2 nitrogen and oxygen atoms in total. The van der Waals surface area contributed by atoms with Crippen molar-refractivity contribution in [1.82, 2.24) is 0 Å². The van der Waals surface area contributed by atoms with Crippen LogP contribution in [0.25, 0.3) is 0 Å². The lowest BCUT2D eigenvalue weighted by molar-refractivity contribution is -0.136. The van der Waals surface area contributed by atoms with Crippen molar-refractivity contribution in [3.05, 3.63) is 28.8 Å². The van der Waals surface area contributed by atoms with E-state index in [9.17, 15) is 13.2 Å². The van der Waals surface area contributed by atoms with Gasteiger partial charge in [0, 0.05) is 11.4 Å². The molecule has 0 heterocycles. The van der Waals surface area contributed by atoms with Crippen molar-refractivity contribution in [3.63, 3.8) is 0 Å². The van der Waals surface area contributed by atoms with E-state index in [1.54, 1.807) is 0 Å². The number of halogens is 4. The molecule has 0 radical (unpaired) electrons. The Balaban J connectivity index is 2.50. The summed E-state index contributed by atoms with van der Waals surface area (Å²) in [5.41, 5.74) is 0.213. The lowest BCUT2D eigenvalue weighted by Gasteiger charge is -2.09. The zero-order valence-corrected chi connectivity index (χ0v) is 9.48. The molecule has 0 saturated carbocycles. The van der Waals surface area contributed by atoms with Gasteiger partial charge in [0.25, 0.3) is 0 Å². The summed E-state index contributed by atoms with van der Waals surface area (Å²) in [5, 5.41) is 9.14. The minimum Gasteiger partial charge on any atom is -0.492 e. The van der Waals surface area contributed by atoms with E-state index in [4.69, 9.17) is 21.6 Å². The van der Waals surface area contributed by atoms with E-state index in [1.807, 2.05) is 6.07 Å². The van der Waals surface area contributed by atoms with E-state index < -0.39 is 12.6 Å². The van der Waals surface area contributed by atoms with Gasteiger partial charge in [-0.2, -0.15) is 18.4 Å². The number of benzene rings is 1. The second kappa shape index (κ2) is 5.78. The molecule has 1 aromatic carbocycles. The number of nitrogens with zero attached hydrogens (tertiary/aromatic N) is 1. The molecular formula is C11H9ClF3NO. The molecule has 0 spiro atoms. The van der Waals surface area contributed by atoms with E-state index >= 15 is 0 Å². The summed E-state index contributed by atoms with van der Waals surface area (Å²) in [6.45, 7) is -0.0875. The maximum absolute atomic E-state index is 11.9. The van der Waals surface area contributed by atoms with E-state index in [2.05, 4.69) is 0 Å². The van der Waals surface area contributed by atoms with Crippen LogP contribution in [-0.2, 0) is 0 Å². The smallest absolute Gasteiger partial charge is 0.389 e. The zero-order chi connectivity index (χ0) is 12.9. The van der Waals surface area contributed by atoms with Gasteiger partial charge in [0.05, 0.1) is 12.2 Å². The molecule has 17 heavy (non-hydrogen) atoms. The summed E-state index contributed by atoms with van der Waals surface area (Å²) in [6.07, 6.45) is -5.22. The molecule has 0 N–H and O–H groups in total. The molecule has 0 fully saturated rings. The van der Waals surface area contributed by atoms with Crippen LogP contribution in [-0.4, -0.2) is 12.8 Å². The maximum Gasteiger partial charge on any atom is 0.389 e. The highest BCUT2D eigenvalue weighted by atomic mass is 35.5. The van der Waals surface area contributed by atoms with Crippen LogP contribution >= 0.6 is 11.6 Å². The Hall–Kier alpha value is -1.41. The first-order valence-corrected chi connectivity index (χ1v) is 5.19. The highest BCUT2D eigenvalue weighted by Gasteiger charge is 2.26. The molecular weight excluding hydrogens is 255 g/mol. The third-order valence-electron chi connectivity index (χ3n) is 1.92. The Morgan fingerprint density at radius 3 is 2.65 bits per heavy atom. The first-order valence-electron chi connectivity index (χ1n) is 4.81. The van der Waals surface area contributed by atoms with Gasteiger partial charge in [-0.1, -0.05) is 11.6 Å². The molecule has 0 aromatic heterocycles. The van der Waals surface area contributed by atoms with Gasteiger partial charge in [-0.25, -0.2) is 0 Å². The van der Waals surface area contributed by atoms with Crippen molar-refractivity contribution in [1.29, 1.82) is 5.26 Å². The summed E-state index contributed by atoms with van der Waals surface area (Å²) in [4.78, 5) is 0. The number of rotatable bonds is 4. The Bertz CT molecular complexity index is 426. The standard InChI is InChI=1S/C11H9ClF3NO/c12-9-2-3-10(8(6-9)7-16)17-5-1-4-11(13,14)15/h2-3,6H,1,4-5H2. The van der Waals surface area contributed by atoms with Crippen molar-refractivity contribution in [2.24, 2.45) is 0 Å². The fourth-order valence-electron chi connectivity index (χ4n) is 1.17. The fourth-order valence-corrected chi connectivity index (χ4v) is 1.34. The van der Waals surface area contributed by atoms with Crippen LogP contribution in [0, 0.1) is 11.3 Å². The van der Waals surface area contributed by atoms with Gasteiger partial charge < -0.3 is 4.74 Å². The average molecular weight is 264 g/mol. The molecule has 0 atom stereocenters. The van der Waals surface area contributed by atoms with Crippen LogP contribution < -0.4 is 4.74 Å². The number of hydrogen-bond acceptors (Lipinski definition) is 2. The summed E-state index contributed by atoms with van der Waals surface area (Å²) < 4.78 is 40.7. The highest BCUT2D eigenvalue weighted by molar-refractivity contribution is 6.30.